The normalized spacial score (nSPS) is 10.2. The molecule has 0 atom stereocenters. The van der Waals surface area contributed by atoms with Crippen molar-refractivity contribution < 1.29 is 9.84 Å². The van der Waals surface area contributed by atoms with Crippen LogP contribution < -0.4 is 4.74 Å². The van der Waals surface area contributed by atoms with Crippen molar-refractivity contribution in [3.63, 3.8) is 0 Å². The largest absolute Gasteiger partial charge is 0.505 e. The fourth-order valence-corrected chi connectivity index (χ4v) is 1.68. The van der Waals surface area contributed by atoms with Crippen LogP contribution in [0.2, 0.25) is 0 Å². The summed E-state index contributed by atoms with van der Waals surface area (Å²) in [7, 11) is 1.56. The molecule has 0 aliphatic rings. The van der Waals surface area contributed by atoms with E-state index in [-0.39, 0.29) is 5.75 Å². The Morgan fingerprint density at radius 1 is 1.33 bits per heavy atom. The fourth-order valence-electron chi connectivity index (χ4n) is 0.984. The van der Waals surface area contributed by atoms with E-state index >= 15 is 0 Å². The van der Waals surface area contributed by atoms with E-state index in [1.807, 2.05) is 0 Å². The van der Waals surface area contributed by atoms with E-state index in [1.54, 1.807) is 25.7 Å². The lowest BCUT2D eigenvalue weighted by Gasteiger charge is -2.00. The Balaban J connectivity index is 2.14. The molecule has 0 spiro atoms. The van der Waals surface area contributed by atoms with E-state index in [9.17, 15) is 5.11 Å². The third-order valence-electron chi connectivity index (χ3n) is 1.73. The molecule has 0 saturated carbocycles. The summed E-state index contributed by atoms with van der Waals surface area (Å²) in [5, 5.41) is 9.94. The third kappa shape index (κ3) is 2.21. The van der Waals surface area contributed by atoms with Crippen molar-refractivity contribution in [2.75, 3.05) is 7.11 Å². The topological polar surface area (TPSA) is 71.0 Å². The van der Waals surface area contributed by atoms with Crippen molar-refractivity contribution in [3.05, 3.63) is 24.8 Å². The first-order chi connectivity index (χ1) is 7.29. The summed E-state index contributed by atoms with van der Waals surface area (Å²) >= 11 is 1.28. The SMILES string of the molecule is COc1cnc(Sc2c[nH]cc2O)nc1. The highest BCUT2D eigenvalue weighted by Crippen LogP contribution is 2.31. The first kappa shape index (κ1) is 9.85. The highest BCUT2D eigenvalue weighted by Gasteiger charge is 2.06. The van der Waals surface area contributed by atoms with Gasteiger partial charge in [0, 0.05) is 12.4 Å². The molecular weight excluding hydrogens is 214 g/mol. The number of hydrogen-bond donors (Lipinski definition) is 2. The van der Waals surface area contributed by atoms with E-state index in [1.165, 1.54) is 18.0 Å². The van der Waals surface area contributed by atoms with E-state index in [0.29, 0.717) is 15.8 Å². The number of aromatic amines is 1. The molecule has 0 aliphatic carbocycles. The molecule has 2 heterocycles. The summed E-state index contributed by atoms with van der Waals surface area (Å²) in [6, 6.07) is 0. The number of H-pyrrole nitrogens is 1. The molecule has 2 rings (SSSR count). The second-order valence-electron chi connectivity index (χ2n) is 2.71. The molecule has 0 aromatic carbocycles. The summed E-state index contributed by atoms with van der Waals surface area (Å²) in [6.45, 7) is 0. The van der Waals surface area contributed by atoms with Gasteiger partial charge in [0.15, 0.2) is 10.9 Å². The Morgan fingerprint density at radius 2 is 2.07 bits per heavy atom. The average molecular weight is 223 g/mol. The lowest BCUT2D eigenvalue weighted by atomic mass is 10.6. The maximum atomic E-state index is 9.38. The van der Waals surface area contributed by atoms with Gasteiger partial charge in [-0.1, -0.05) is 0 Å². The minimum absolute atomic E-state index is 0.194. The molecule has 2 aromatic heterocycles. The van der Waals surface area contributed by atoms with Crippen LogP contribution in [0.1, 0.15) is 0 Å². The lowest BCUT2D eigenvalue weighted by molar-refractivity contribution is 0.409. The molecule has 0 fully saturated rings. The molecule has 0 saturated heterocycles. The van der Waals surface area contributed by atoms with Crippen molar-refractivity contribution >= 4 is 11.8 Å². The number of aromatic nitrogens is 3. The number of rotatable bonds is 3. The summed E-state index contributed by atoms with van der Waals surface area (Å²) in [6.07, 6.45) is 6.36. The zero-order chi connectivity index (χ0) is 10.7. The first-order valence-electron chi connectivity index (χ1n) is 4.19. The molecule has 0 amide bonds. The van der Waals surface area contributed by atoms with Crippen LogP contribution in [0.4, 0.5) is 0 Å². The van der Waals surface area contributed by atoms with Gasteiger partial charge in [-0.05, 0) is 11.8 Å². The molecule has 0 radical (unpaired) electrons. The molecule has 6 heteroatoms. The van der Waals surface area contributed by atoms with Gasteiger partial charge in [-0.25, -0.2) is 9.97 Å². The van der Waals surface area contributed by atoms with Gasteiger partial charge >= 0.3 is 0 Å². The van der Waals surface area contributed by atoms with E-state index in [4.69, 9.17) is 4.74 Å². The standard InChI is InChI=1S/C9H9N3O2S/c1-14-6-2-11-9(12-3-6)15-8-5-10-4-7(8)13/h2-5,10,13H,1H3. The van der Waals surface area contributed by atoms with Crippen molar-refractivity contribution in [1.82, 2.24) is 15.0 Å². The van der Waals surface area contributed by atoms with Crippen LogP contribution >= 0.6 is 11.8 Å². The van der Waals surface area contributed by atoms with Crippen LogP contribution in [0.5, 0.6) is 11.5 Å². The highest BCUT2D eigenvalue weighted by molar-refractivity contribution is 7.99. The van der Waals surface area contributed by atoms with Crippen LogP contribution in [0.3, 0.4) is 0 Å². The molecule has 2 aromatic rings. The minimum Gasteiger partial charge on any atom is -0.505 e. The van der Waals surface area contributed by atoms with Crippen LogP contribution in [0.25, 0.3) is 0 Å². The molecule has 15 heavy (non-hydrogen) atoms. The predicted octanol–water partition coefficient (Wildman–Crippen LogP) is 1.67. The second-order valence-corrected chi connectivity index (χ2v) is 3.72. The van der Waals surface area contributed by atoms with Gasteiger partial charge in [0.2, 0.25) is 0 Å². The zero-order valence-corrected chi connectivity index (χ0v) is 8.78. The Hall–Kier alpha value is -1.69. The van der Waals surface area contributed by atoms with Gasteiger partial charge in [0.05, 0.1) is 24.4 Å². The van der Waals surface area contributed by atoms with Gasteiger partial charge in [0.1, 0.15) is 5.75 Å². The molecule has 78 valence electrons. The Kier molecular flexibility index (Phi) is 2.77. The Bertz CT molecular complexity index is 441. The molecule has 0 bridgehead atoms. The molecule has 0 aliphatic heterocycles. The quantitative estimate of drug-likeness (QED) is 0.774. The maximum Gasteiger partial charge on any atom is 0.192 e. The Morgan fingerprint density at radius 3 is 2.60 bits per heavy atom. The molecular formula is C9H9N3O2S. The van der Waals surface area contributed by atoms with Gasteiger partial charge in [-0.15, -0.1) is 0 Å². The van der Waals surface area contributed by atoms with Gasteiger partial charge in [0.25, 0.3) is 0 Å². The average Bonchev–Trinajstić information content (AvgIpc) is 2.66. The highest BCUT2D eigenvalue weighted by atomic mass is 32.2. The predicted molar refractivity (Wildman–Crippen MR) is 55.2 cm³/mol. The lowest BCUT2D eigenvalue weighted by Crippen LogP contribution is -1.88. The fraction of sp³-hybridized carbons (Fsp3) is 0.111. The van der Waals surface area contributed by atoms with Crippen molar-refractivity contribution in [3.8, 4) is 11.5 Å². The zero-order valence-electron chi connectivity index (χ0n) is 7.97. The summed E-state index contributed by atoms with van der Waals surface area (Å²) in [4.78, 5) is 11.6. The molecule has 0 unspecified atom stereocenters. The van der Waals surface area contributed by atoms with Gasteiger partial charge in [-0.3, -0.25) is 0 Å². The van der Waals surface area contributed by atoms with Gasteiger partial charge < -0.3 is 14.8 Å². The molecule has 2 N–H and O–H groups in total. The van der Waals surface area contributed by atoms with Crippen LogP contribution in [-0.4, -0.2) is 27.2 Å². The number of hydrogen-bond acceptors (Lipinski definition) is 5. The van der Waals surface area contributed by atoms with Crippen LogP contribution in [0, 0.1) is 0 Å². The van der Waals surface area contributed by atoms with E-state index in [0.717, 1.165) is 0 Å². The summed E-state index contributed by atoms with van der Waals surface area (Å²) < 4.78 is 4.94. The number of ether oxygens (including phenoxy) is 1. The minimum atomic E-state index is 0.194. The van der Waals surface area contributed by atoms with Crippen molar-refractivity contribution in [2.45, 2.75) is 10.1 Å². The Labute approximate surface area is 90.5 Å². The first-order valence-corrected chi connectivity index (χ1v) is 5.01. The van der Waals surface area contributed by atoms with Crippen LogP contribution in [-0.2, 0) is 0 Å². The number of aromatic hydroxyl groups is 1. The number of nitrogens with zero attached hydrogens (tertiary/aromatic N) is 2. The maximum absolute atomic E-state index is 9.38. The second kappa shape index (κ2) is 4.22. The van der Waals surface area contributed by atoms with Crippen molar-refractivity contribution in [1.29, 1.82) is 0 Å². The monoisotopic (exact) mass is 223 g/mol. The molecule has 5 nitrogen and oxygen atoms in total. The smallest absolute Gasteiger partial charge is 0.192 e. The number of nitrogens with one attached hydrogen (secondary N) is 1. The summed E-state index contributed by atoms with van der Waals surface area (Å²) in [5.74, 6) is 0.803. The van der Waals surface area contributed by atoms with E-state index < -0.39 is 0 Å². The van der Waals surface area contributed by atoms with E-state index in [2.05, 4.69) is 15.0 Å². The van der Waals surface area contributed by atoms with Crippen molar-refractivity contribution in [2.24, 2.45) is 0 Å². The van der Waals surface area contributed by atoms with Crippen LogP contribution in [0.15, 0.2) is 34.8 Å². The summed E-state index contributed by atoms with van der Waals surface area (Å²) in [5.41, 5.74) is 0. The van der Waals surface area contributed by atoms with Gasteiger partial charge in [-0.2, -0.15) is 0 Å². The number of methoxy groups -OCH3 is 1. The third-order valence-corrected chi connectivity index (χ3v) is 2.67.